The Morgan fingerprint density at radius 1 is 1.15 bits per heavy atom. The molecular formula is C24H26ClNO8. The number of benzene rings is 2. The third kappa shape index (κ3) is 3.64. The van der Waals surface area contributed by atoms with Gasteiger partial charge in [-0.3, -0.25) is 0 Å². The molecule has 10 heteroatoms. The Balaban J connectivity index is 1.47. The van der Waals surface area contributed by atoms with Crippen LogP contribution in [0.15, 0.2) is 42.5 Å². The van der Waals surface area contributed by atoms with Crippen LogP contribution in [0.3, 0.4) is 0 Å². The molecule has 2 aromatic rings. The fourth-order valence-corrected chi connectivity index (χ4v) is 5.06. The van der Waals surface area contributed by atoms with Crippen LogP contribution in [0, 0.1) is 0 Å². The largest absolute Gasteiger partial charge is 0.494 e. The molecule has 1 unspecified atom stereocenters. The molecule has 3 fully saturated rings. The summed E-state index contributed by atoms with van der Waals surface area (Å²) in [6.07, 6.45) is -5.80. The molecule has 34 heavy (non-hydrogen) atoms. The summed E-state index contributed by atoms with van der Waals surface area (Å²) in [5.41, 5.74) is 0.623. The number of hydrogen-bond acceptors (Lipinski definition) is 8. The van der Waals surface area contributed by atoms with Crippen LogP contribution in [-0.2, 0) is 26.4 Å². The van der Waals surface area contributed by atoms with Crippen molar-refractivity contribution in [2.24, 2.45) is 0 Å². The summed E-state index contributed by atoms with van der Waals surface area (Å²) in [6, 6.07) is 12.7. The number of cyclic esters (lactones) is 1. The summed E-state index contributed by atoms with van der Waals surface area (Å²) in [6.45, 7) is 2.37. The fraction of sp³-hybridized carbons (Fsp3) is 0.458. The highest BCUT2D eigenvalue weighted by atomic mass is 35.5. The summed E-state index contributed by atoms with van der Waals surface area (Å²) in [5, 5.41) is 35.5. The molecule has 5 rings (SSSR count). The van der Waals surface area contributed by atoms with Crippen LogP contribution in [0.5, 0.6) is 5.75 Å². The Labute approximate surface area is 201 Å². The van der Waals surface area contributed by atoms with E-state index in [4.69, 9.17) is 30.5 Å². The molecule has 4 N–H and O–H groups in total. The zero-order valence-corrected chi connectivity index (χ0v) is 19.2. The Morgan fingerprint density at radius 3 is 2.59 bits per heavy atom. The minimum atomic E-state index is -1.77. The molecule has 9 nitrogen and oxygen atoms in total. The van der Waals surface area contributed by atoms with E-state index >= 15 is 0 Å². The maximum absolute atomic E-state index is 11.6. The van der Waals surface area contributed by atoms with Gasteiger partial charge in [-0.15, -0.1) is 0 Å². The van der Waals surface area contributed by atoms with Gasteiger partial charge in [-0.2, -0.15) is 0 Å². The summed E-state index contributed by atoms with van der Waals surface area (Å²) < 4.78 is 22.9. The van der Waals surface area contributed by atoms with Crippen molar-refractivity contribution in [2.75, 3.05) is 19.8 Å². The highest BCUT2D eigenvalue weighted by Gasteiger charge is 2.71. The van der Waals surface area contributed by atoms with Gasteiger partial charge in [0.05, 0.1) is 19.8 Å². The number of ether oxygens (including phenoxy) is 4. The van der Waals surface area contributed by atoms with Crippen molar-refractivity contribution < 1.29 is 39.1 Å². The Bertz CT molecular complexity index is 1080. The van der Waals surface area contributed by atoms with Gasteiger partial charge >= 0.3 is 6.09 Å². The van der Waals surface area contributed by atoms with Crippen molar-refractivity contribution in [1.82, 2.24) is 5.32 Å². The van der Waals surface area contributed by atoms with Crippen LogP contribution in [0.2, 0.25) is 5.02 Å². The SMILES string of the molecule is CCOc1ccc(Cc2cc([C@]34OC[C@@](C5CNC(=O)O5)(O3)[C@@H](O)[C@H](O)[C@H]4O)ccc2Cl)cc1. The van der Waals surface area contributed by atoms with Crippen molar-refractivity contribution >= 4 is 17.7 Å². The molecule has 182 valence electrons. The molecule has 0 radical (unpaired) electrons. The highest BCUT2D eigenvalue weighted by Crippen LogP contribution is 2.52. The summed E-state index contributed by atoms with van der Waals surface area (Å²) in [7, 11) is 0. The smallest absolute Gasteiger partial charge is 0.407 e. The van der Waals surface area contributed by atoms with E-state index in [0.29, 0.717) is 23.6 Å². The van der Waals surface area contributed by atoms with E-state index < -0.39 is 41.9 Å². The first-order valence-corrected chi connectivity index (χ1v) is 11.5. The van der Waals surface area contributed by atoms with Crippen molar-refractivity contribution in [3.05, 3.63) is 64.2 Å². The van der Waals surface area contributed by atoms with Gasteiger partial charge in [-0.1, -0.05) is 29.8 Å². The number of aliphatic hydroxyl groups excluding tert-OH is 3. The third-order valence-corrected chi connectivity index (χ3v) is 7.06. The molecule has 3 aliphatic rings. The first-order chi connectivity index (χ1) is 16.3. The number of aliphatic hydroxyl groups is 3. The molecule has 0 saturated carbocycles. The minimum absolute atomic E-state index is 0.0712. The second-order valence-corrected chi connectivity index (χ2v) is 9.14. The van der Waals surface area contributed by atoms with Gasteiger partial charge in [-0.25, -0.2) is 4.79 Å². The quantitative estimate of drug-likeness (QED) is 0.478. The van der Waals surface area contributed by atoms with E-state index in [9.17, 15) is 20.1 Å². The van der Waals surface area contributed by atoms with E-state index in [1.807, 2.05) is 31.2 Å². The normalized spacial score (nSPS) is 34.6. The topological polar surface area (TPSA) is 127 Å². The molecule has 0 aliphatic carbocycles. The van der Waals surface area contributed by atoms with Gasteiger partial charge in [0, 0.05) is 10.6 Å². The van der Waals surface area contributed by atoms with Crippen molar-refractivity contribution in [1.29, 1.82) is 0 Å². The molecule has 0 spiro atoms. The van der Waals surface area contributed by atoms with Crippen LogP contribution in [0.25, 0.3) is 0 Å². The zero-order chi connectivity index (χ0) is 24.1. The number of carbonyl (C=O) groups is 1. The lowest BCUT2D eigenvalue weighted by Crippen LogP contribution is -2.68. The second-order valence-electron chi connectivity index (χ2n) is 8.73. The van der Waals surface area contributed by atoms with E-state index in [1.54, 1.807) is 18.2 Å². The van der Waals surface area contributed by atoms with Gasteiger partial charge < -0.3 is 39.6 Å². The lowest BCUT2D eigenvalue weighted by Gasteiger charge is -2.47. The van der Waals surface area contributed by atoms with Crippen LogP contribution in [0.1, 0.15) is 23.6 Å². The molecule has 3 saturated heterocycles. The molecule has 3 heterocycles. The number of halogens is 1. The predicted molar refractivity (Wildman–Crippen MR) is 120 cm³/mol. The summed E-state index contributed by atoms with van der Waals surface area (Å²) in [4.78, 5) is 11.6. The highest BCUT2D eigenvalue weighted by molar-refractivity contribution is 6.31. The Kier molecular flexibility index (Phi) is 5.96. The number of fused-ring (bicyclic) bond motifs is 2. The van der Waals surface area contributed by atoms with E-state index in [1.165, 1.54) is 0 Å². The molecular weight excluding hydrogens is 466 g/mol. The van der Waals surface area contributed by atoms with Crippen molar-refractivity contribution in [3.63, 3.8) is 0 Å². The summed E-state index contributed by atoms with van der Waals surface area (Å²) in [5.74, 6) is -1.000. The fourth-order valence-electron chi connectivity index (χ4n) is 4.88. The molecule has 2 bridgehead atoms. The average molecular weight is 492 g/mol. The molecule has 3 aliphatic heterocycles. The molecule has 0 aromatic heterocycles. The standard InChI is InChI=1S/C24H26ClNO8/c1-2-31-16-6-3-13(4-7-16)9-14-10-15(5-8-17(14)25)24-21(29)19(27)20(28)23(34-24,12-32-24)18-11-26-22(30)33-18/h3-8,10,18-21,27-29H,2,9,11-12H2,1H3,(H,26,30)/t18?,19-,20-,21+,23-,24-/m0/s1. The summed E-state index contributed by atoms with van der Waals surface area (Å²) >= 11 is 6.48. The number of nitrogens with one attached hydrogen (secondary N) is 1. The number of amides is 1. The molecule has 6 atom stereocenters. The van der Waals surface area contributed by atoms with Crippen LogP contribution in [0.4, 0.5) is 4.79 Å². The van der Waals surface area contributed by atoms with Crippen LogP contribution in [-0.4, -0.2) is 71.2 Å². The first kappa shape index (κ1) is 23.3. The third-order valence-electron chi connectivity index (χ3n) is 6.69. The Hall–Kier alpha value is -2.40. The molecule has 2 aromatic carbocycles. The lowest BCUT2D eigenvalue weighted by molar-refractivity contribution is -0.335. The van der Waals surface area contributed by atoms with Gasteiger partial charge in [-0.05, 0) is 48.7 Å². The number of carbonyl (C=O) groups excluding carboxylic acids is 1. The number of alkyl carbamates (subject to hydrolysis) is 1. The average Bonchev–Trinajstić information content (AvgIpc) is 3.44. The monoisotopic (exact) mass is 491 g/mol. The maximum Gasteiger partial charge on any atom is 0.407 e. The van der Waals surface area contributed by atoms with Crippen molar-refractivity contribution in [2.45, 2.75) is 49.1 Å². The Morgan fingerprint density at radius 2 is 1.91 bits per heavy atom. The molecule has 1 amide bonds. The maximum atomic E-state index is 11.6. The van der Waals surface area contributed by atoms with E-state index in [0.717, 1.165) is 16.9 Å². The van der Waals surface area contributed by atoms with Gasteiger partial charge in [0.1, 0.15) is 24.1 Å². The zero-order valence-electron chi connectivity index (χ0n) is 18.4. The van der Waals surface area contributed by atoms with Gasteiger partial charge in [0.2, 0.25) is 5.79 Å². The minimum Gasteiger partial charge on any atom is -0.494 e. The van der Waals surface area contributed by atoms with E-state index in [2.05, 4.69) is 5.32 Å². The lowest BCUT2D eigenvalue weighted by atomic mass is 9.80. The van der Waals surface area contributed by atoms with Crippen LogP contribution >= 0.6 is 11.6 Å². The van der Waals surface area contributed by atoms with Gasteiger partial charge in [0.25, 0.3) is 0 Å². The van der Waals surface area contributed by atoms with Crippen LogP contribution < -0.4 is 10.1 Å². The predicted octanol–water partition coefficient (Wildman–Crippen LogP) is 1.47. The van der Waals surface area contributed by atoms with Crippen molar-refractivity contribution in [3.8, 4) is 5.75 Å². The number of rotatable bonds is 6. The van der Waals surface area contributed by atoms with Gasteiger partial charge in [0.15, 0.2) is 11.7 Å². The van der Waals surface area contributed by atoms with E-state index in [-0.39, 0.29) is 13.2 Å². The first-order valence-electron chi connectivity index (χ1n) is 11.1. The second kappa shape index (κ2) is 8.67. The number of hydrogen-bond donors (Lipinski definition) is 4.